The van der Waals surface area contributed by atoms with E-state index >= 15 is 0 Å². The second kappa shape index (κ2) is 6.39. The lowest BCUT2D eigenvalue weighted by molar-refractivity contribution is -0.384. The van der Waals surface area contributed by atoms with Crippen LogP contribution in [-0.2, 0) is 0 Å². The summed E-state index contributed by atoms with van der Waals surface area (Å²) in [6, 6.07) is 8.71. The summed E-state index contributed by atoms with van der Waals surface area (Å²) in [6.45, 7) is 1.97. The first-order valence-electron chi connectivity index (χ1n) is 7.52. The number of anilines is 2. The van der Waals surface area contributed by atoms with Gasteiger partial charge in [-0.05, 0) is 77.6 Å². The van der Waals surface area contributed by atoms with Crippen molar-refractivity contribution in [1.29, 1.82) is 0 Å². The lowest BCUT2D eigenvalue weighted by atomic mass is 10.0. The predicted octanol–water partition coefficient (Wildman–Crippen LogP) is 4.23. The molecule has 0 heterocycles. The Kier molecular flexibility index (Phi) is 4.44. The highest BCUT2D eigenvalue weighted by atomic mass is 127. The number of carbonyl (C=O) groups excluding carboxylic acids is 1. The molecule has 0 saturated heterocycles. The molecule has 0 bridgehead atoms. The Labute approximate surface area is 152 Å². The minimum atomic E-state index is -0.675. The minimum absolute atomic E-state index is 0.101. The van der Waals surface area contributed by atoms with Crippen LogP contribution in [0.5, 0.6) is 0 Å². The first kappa shape index (κ1) is 16.7. The van der Waals surface area contributed by atoms with Crippen molar-refractivity contribution in [2.75, 3.05) is 5.32 Å². The second-order valence-electron chi connectivity index (χ2n) is 5.94. The van der Waals surface area contributed by atoms with Crippen LogP contribution in [0.4, 0.5) is 17.1 Å². The number of hydrogen-bond acceptors (Lipinski definition) is 4. The first-order chi connectivity index (χ1) is 11.4. The third-order valence-electron chi connectivity index (χ3n) is 4.10. The number of carbonyl (C=O) groups is 1. The first-order valence-corrected chi connectivity index (χ1v) is 8.60. The van der Waals surface area contributed by atoms with Gasteiger partial charge in [0.05, 0.1) is 16.2 Å². The number of amides is 1. The summed E-state index contributed by atoms with van der Waals surface area (Å²) >= 11 is 2.23. The van der Waals surface area contributed by atoms with Gasteiger partial charge >= 0.3 is 0 Å². The fourth-order valence-corrected chi connectivity index (χ4v) is 3.35. The summed E-state index contributed by atoms with van der Waals surface area (Å²) in [5, 5.41) is 14.4. The predicted molar refractivity (Wildman–Crippen MR) is 101 cm³/mol. The molecule has 1 aliphatic rings. The molecule has 0 radical (unpaired) electrons. The summed E-state index contributed by atoms with van der Waals surface area (Å²) in [6.07, 6.45) is 1.92. The van der Waals surface area contributed by atoms with Crippen molar-refractivity contribution in [3.8, 4) is 0 Å². The second-order valence-corrected chi connectivity index (χ2v) is 7.18. The Morgan fingerprint density at radius 1 is 1.33 bits per heavy atom. The number of nitro groups is 1. The summed E-state index contributed by atoms with van der Waals surface area (Å²) in [5.74, 6) is -0.444. The molecular weight excluding hydrogens is 421 g/mol. The van der Waals surface area contributed by atoms with Gasteiger partial charge in [0.25, 0.3) is 11.6 Å². The number of halogens is 1. The van der Waals surface area contributed by atoms with Crippen molar-refractivity contribution in [3.63, 3.8) is 0 Å². The van der Waals surface area contributed by atoms with Crippen molar-refractivity contribution < 1.29 is 9.72 Å². The third-order valence-corrected chi connectivity index (χ3v) is 4.77. The summed E-state index contributed by atoms with van der Waals surface area (Å²) < 4.78 is 1.11. The van der Waals surface area contributed by atoms with E-state index in [0.717, 1.165) is 33.2 Å². The Morgan fingerprint density at radius 3 is 2.58 bits per heavy atom. The van der Waals surface area contributed by atoms with E-state index in [9.17, 15) is 14.9 Å². The van der Waals surface area contributed by atoms with Crippen molar-refractivity contribution in [2.45, 2.75) is 25.7 Å². The molecule has 6 nitrogen and oxygen atoms in total. The highest BCUT2D eigenvalue weighted by Gasteiger charge is 2.31. The fourth-order valence-electron chi connectivity index (χ4n) is 2.71. The van der Waals surface area contributed by atoms with E-state index in [2.05, 4.69) is 27.9 Å². The smallest absolute Gasteiger partial charge is 0.270 e. The van der Waals surface area contributed by atoms with Gasteiger partial charge in [0.2, 0.25) is 0 Å². The van der Waals surface area contributed by atoms with Crippen molar-refractivity contribution in [1.82, 2.24) is 0 Å². The number of nitrogens with two attached hydrogens (primary N) is 1. The topological polar surface area (TPSA) is 98.3 Å². The molecule has 0 atom stereocenters. The van der Waals surface area contributed by atoms with E-state index in [-0.39, 0.29) is 17.2 Å². The van der Waals surface area contributed by atoms with Gasteiger partial charge in [-0.15, -0.1) is 0 Å². The Balaban J connectivity index is 2.14. The number of non-ortho nitro benzene ring substituents is 1. The quantitative estimate of drug-likeness (QED) is 0.416. The molecule has 0 unspecified atom stereocenters. The zero-order valence-corrected chi connectivity index (χ0v) is 15.2. The molecule has 2 aromatic rings. The van der Waals surface area contributed by atoms with Crippen LogP contribution in [0.1, 0.15) is 40.2 Å². The monoisotopic (exact) mass is 437 g/mol. The SMILES string of the molecule is Cc1cc(I)ccc1Nc1c(C(N)=O)cc([N+](=O)[O-])cc1C1CC1. The fraction of sp³-hybridized carbons (Fsp3) is 0.235. The maximum atomic E-state index is 11.9. The summed E-state index contributed by atoms with van der Waals surface area (Å²) in [5.41, 5.74) is 8.79. The molecule has 1 aliphatic carbocycles. The average molecular weight is 437 g/mol. The Bertz CT molecular complexity index is 847. The molecule has 24 heavy (non-hydrogen) atoms. The molecule has 1 saturated carbocycles. The van der Waals surface area contributed by atoms with Gasteiger partial charge in [-0.2, -0.15) is 0 Å². The van der Waals surface area contributed by atoms with Crippen LogP contribution < -0.4 is 11.1 Å². The van der Waals surface area contributed by atoms with Crippen LogP contribution in [0.2, 0.25) is 0 Å². The highest BCUT2D eigenvalue weighted by Crippen LogP contribution is 2.46. The van der Waals surface area contributed by atoms with E-state index in [4.69, 9.17) is 5.73 Å². The van der Waals surface area contributed by atoms with Crippen molar-refractivity contribution in [3.05, 3.63) is 60.7 Å². The van der Waals surface area contributed by atoms with E-state index in [0.29, 0.717) is 5.69 Å². The van der Waals surface area contributed by atoms with Crippen molar-refractivity contribution >= 4 is 45.6 Å². The molecule has 1 amide bonds. The molecule has 0 spiro atoms. The third kappa shape index (κ3) is 3.35. The average Bonchev–Trinajstić information content (AvgIpc) is 3.34. The Morgan fingerprint density at radius 2 is 2.04 bits per heavy atom. The standard InChI is InChI=1S/C17H16IN3O3/c1-9-6-11(18)4-5-15(9)20-16-13(10-2-3-10)7-12(21(23)24)8-14(16)17(19)22/h4-8,10,20H,2-3H2,1H3,(H2,19,22). The summed E-state index contributed by atoms with van der Waals surface area (Å²) in [7, 11) is 0. The van der Waals surface area contributed by atoms with Gasteiger partial charge < -0.3 is 11.1 Å². The van der Waals surface area contributed by atoms with Crippen LogP contribution in [0, 0.1) is 20.6 Å². The zero-order valence-electron chi connectivity index (χ0n) is 13.0. The van der Waals surface area contributed by atoms with Gasteiger partial charge in [-0.3, -0.25) is 14.9 Å². The zero-order chi connectivity index (χ0) is 17.4. The van der Waals surface area contributed by atoms with E-state index in [1.807, 2.05) is 25.1 Å². The Hall–Kier alpha value is -2.16. The van der Waals surface area contributed by atoms with Crippen LogP contribution in [-0.4, -0.2) is 10.8 Å². The van der Waals surface area contributed by atoms with Crippen LogP contribution in [0.3, 0.4) is 0 Å². The molecular formula is C17H16IN3O3. The number of nitrogens with one attached hydrogen (secondary N) is 1. The van der Waals surface area contributed by atoms with E-state index < -0.39 is 10.8 Å². The molecule has 0 aliphatic heterocycles. The highest BCUT2D eigenvalue weighted by molar-refractivity contribution is 14.1. The van der Waals surface area contributed by atoms with Gasteiger partial charge in [0.1, 0.15) is 0 Å². The largest absolute Gasteiger partial charge is 0.366 e. The minimum Gasteiger partial charge on any atom is -0.366 e. The van der Waals surface area contributed by atoms with Gasteiger partial charge in [0.15, 0.2) is 0 Å². The number of nitro benzene ring substituents is 1. The van der Waals surface area contributed by atoms with Crippen LogP contribution >= 0.6 is 22.6 Å². The van der Waals surface area contributed by atoms with Crippen LogP contribution in [0.15, 0.2) is 30.3 Å². The number of nitrogens with zero attached hydrogens (tertiary/aromatic N) is 1. The van der Waals surface area contributed by atoms with Crippen molar-refractivity contribution in [2.24, 2.45) is 5.73 Å². The molecule has 7 heteroatoms. The maximum Gasteiger partial charge on any atom is 0.270 e. The van der Waals surface area contributed by atoms with Crippen LogP contribution in [0.25, 0.3) is 0 Å². The number of aryl methyl sites for hydroxylation is 1. The van der Waals surface area contributed by atoms with E-state index in [1.165, 1.54) is 6.07 Å². The molecule has 3 N–H and O–H groups in total. The molecule has 0 aromatic heterocycles. The number of primary amides is 1. The number of benzene rings is 2. The van der Waals surface area contributed by atoms with Gasteiger partial charge in [0, 0.05) is 21.4 Å². The maximum absolute atomic E-state index is 11.9. The molecule has 2 aromatic carbocycles. The molecule has 3 rings (SSSR count). The van der Waals surface area contributed by atoms with Gasteiger partial charge in [-0.1, -0.05) is 0 Å². The lowest BCUT2D eigenvalue weighted by Gasteiger charge is -2.17. The number of hydrogen-bond donors (Lipinski definition) is 2. The normalized spacial score (nSPS) is 13.6. The molecule has 124 valence electrons. The lowest BCUT2D eigenvalue weighted by Crippen LogP contribution is -2.15. The number of rotatable bonds is 5. The molecule has 1 fully saturated rings. The van der Waals surface area contributed by atoms with Gasteiger partial charge in [-0.25, -0.2) is 0 Å². The summed E-state index contributed by atoms with van der Waals surface area (Å²) in [4.78, 5) is 22.6. The van der Waals surface area contributed by atoms with E-state index in [1.54, 1.807) is 6.07 Å².